The molecule has 0 bridgehead atoms. The normalized spacial score (nSPS) is 19.3. The van der Waals surface area contributed by atoms with Crippen LogP contribution in [0.2, 0.25) is 0 Å². The zero-order valence-electron chi connectivity index (χ0n) is 18.0. The smallest absolute Gasteiger partial charge is 0.253 e. The van der Waals surface area contributed by atoms with Crippen molar-refractivity contribution < 1.29 is 17.7 Å². The van der Waals surface area contributed by atoms with E-state index in [1.165, 1.54) is 6.07 Å². The summed E-state index contributed by atoms with van der Waals surface area (Å²) in [5, 5.41) is 3.91. The highest BCUT2D eigenvalue weighted by atomic mass is 32.2. The Morgan fingerprint density at radius 3 is 2.35 bits per heavy atom. The average molecular weight is 447 g/mol. The maximum atomic E-state index is 13.1. The highest BCUT2D eigenvalue weighted by Gasteiger charge is 2.27. The van der Waals surface area contributed by atoms with Crippen molar-refractivity contribution in [1.29, 1.82) is 0 Å². The lowest BCUT2D eigenvalue weighted by Crippen LogP contribution is -2.48. The van der Waals surface area contributed by atoms with E-state index in [9.17, 15) is 13.2 Å². The molecule has 0 saturated carbocycles. The Labute approximate surface area is 183 Å². The van der Waals surface area contributed by atoms with E-state index in [2.05, 4.69) is 10.1 Å². The van der Waals surface area contributed by atoms with Crippen LogP contribution in [0.1, 0.15) is 47.5 Å². The summed E-state index contributed by atoms with van der Waals surface area (Å²) in [5.74, 6) is 0.701. The molecule has 0 atom stereocenters. The summed E-state index contributed by atoms with van der Waals surface area (Å²) in [7, 11) is -3.58. The van der Waals surface area contributed by atoms with Crippen molar-refractivity contribution in [2.24, 2.45) is 0 Å². The van der Waals surface area contributed by atoms with E-state index in [0.29, 0.717) is 38.3 Å². The van der Waals surface area contributed by atoms with Gasteiger partial charge < -0.3 is 9.42 Å². The summed E-state index contributed by atoms with van der Waals surface area (Å²) in [6.45, 7) is 6.32. The molecule has 9 heteroatoms. The topological polar surface area (TPSA) is 87.0 Å². The largest absolute Gasteiger partial charge is 0.360 e. The maximum Gasteiger partial charge on any atom is 0.253 e. The van der Waals surface area contributed by atoms with Crippen molar-refractivity contribution in [3.63, 3.8) is 0 Å². The molecule has 2 aliphatic rings. The van der Waals surface area contributed by atoms with Gasteiger partial charge in [-0.15, -0.1) is 0 Å². The number of carbonyl (C=O) groups excluding carboxylic acids is 1. The van der Waals surface area contributed by atoms with Crippen LogP contribution >= 0.6 is 0 Å². The molecule has 0 radical (unpaired) electrons. The highest BCUT2D eigenvalue weighted by Crippen LogP contribution is 2.22. The van der Waals surface area contributed by atoms with Gasteiger partial charge in [-0.1, -0.05) is 24.1 Å². The van der Waals surface area contributed by atoms with Crippen molar-refractivity contribution >= 4 is 15.9 Å². The first-order valence-corrected chi connectivity index (χ1v) is 12.4. The van der Waals surface area contributed by atoms with Crippen molar-refractivity contribution in [2.45, 2.75) is 44.0 Å². The van der Waals surface area contributed by atoms with E-state index in [1.54, 1.807) is 27.4 Å². The second-order valence-corrected chi connectivity index (χ2v) is 10.3. The summed E-state index contributed by atoms with van der Waals surface area (Å²) >= 11 is 0. The van der Waals surface area contributed by atoms with Crippen molar-refractivity contribution in [2.75, 3.05) is 39.3 Å². The van der Waals surface area contributed by atoms with Gasteiger partial charge in [-0.05, 0) is 38.0 Å². The van der Waals surface area contributed by atoms with E-state index in [4.69, 9.17) is 4.52 Å². The molecule has 2 saturated heterocycles. The van der Waals surface area contributed by atoms with Crippen molar-refractivity contribution in [1.82, 2.24) is 19.3 Å². The summed E-state index contributed by atoms with van der Waals surface area (Å²) in [6.07, 6.45) is 3.89. The Bertz CT molecular complexity index is 1000. The summed E-state index contributed by atoms with van der Waals surface area (Å²) in [4.78, 5) is 17.3. The number of hydrogen-bond acceptors (Lipinski definition) is 6. The number of aryl methyl sites for hydroxylation is 1. The average Bonchev–Trinajstić information content (AvgIpc) is 3.01. The Balaban J connectivity index is 1.40. The monoisotopic (exact) mass is 446 g/mol. The van der Waals surface area contributed by atoms with Gasteiger partial charge in [0, 0.05) is 50.9 Å². The van der Waals surface area contributed by atoms with Gasteiger partial charge in [-0.3, -0.25) is 9.69 Å². The molecular weight excluding hydrogens is 416 g/mol. The first kappa shape index (κ1) is 22.0. The molecular formula is C22H30N4O4S. The molecule has 2 aliphatic heterocycles. The second kappa shape index (κ2) is 9.50. The Kier molecular flexibility index (Phi) is 6.74. The summed E-state index contributed by atoms with van der Waals surface area (Å²) in [6, 6.07) is 8.42. The summed E-state index contributed by atoms with van der Waals surface area (Å²) in [5.41, 5.74) is 1.29. The first-order valence-electron chi connectivity index (χ1n) is 11.0. The molecule has 0 unspecified atom stereocenters. The molecule has 2 fully saturated rings. The van der Waals surface area contributed by atoms with Crippen LogP contribution in [0.5, 0.6) is 0 Å². The van der Waals surface area contributed by atoms with E-state index >= 15 is 0 Å². The quantitative estimate of drug-likeness (QED) is 0.701. The number of sulfonamides is 1. The molecule has 0 N–H and O–H groups in total. The number of aromatic nitrogens is 1. The van der Waals surface area contributed by atoms with Crippen molar-refractivity contribution in [3.8, 4) is 0 Å². The summed E-state index contributed by atoms with van der Waals surface area (Å²) < 4.78 is 33.0. The fourth-order valence-electron chi connectivity index (χ4n) is 4.22. The first-order chi connectivity index (χ1) is 14.9. The highest BCUT2D eigenvalue weighted by molar-refractivity contribution is 7.89. The van der Waals surface area contributed by atoms with Crippen LogP contribution in [0, 0.1) is 6.92 Å². The lowest BCUT2D eigenvalue weighted by Gasteiger charge is -2.34. The van der Waals surface area contributed by atoms with E-state index in [1.807, 2.05) is 13.0 Å². The standard InChI is InChI=1S/C22H30N4O4S/c1-18-15-20(30-23-18)17-24-11-13-25(14-12-24)22(27)19-7-6-8-21(16-19)31(28,29)26-9-4-2-3-5-10-26/h6-8,15-16H,2-5,9-14,17H2,1H3. The molecule has 8 nitrogen and oxygen atoms in total. The molecule has 3 heterocycles. The van der Waals surface area contributed by atoms with Crippen LogP contribution in [0.25, 0.3) is 0 Å². The van der Waals surface area contributed by atoms with E-state index in [-0.39, 0.29) is 10.8 Å². The Morgan fingerprint density at radius 2 is 1.71 bits per heavy atom. The number of nitrogens with zero attached hydrogens (tertiary/aromatic N) is 4. The molecule has 1 aromatic carbocycles. The minimum atomic E-state index is -3.58. The minimum Gasteiger partial charge on any atom is -0.360 e. The van der Waals surface area contributed by atoms with Gasteiger partial charge in [0.25, 0.3) is 5.91 Å². The number of rotatable bonds is 5. The molecule has 168 valence electrons. The Hall–Kier alpha value is -2.23. The Morgan fingerprint density at radius 1 is 1.00 bits per heavy atom. The fourth-order valence-corrected chi connectivity index (χ4v) is 5.79. The number of amides is 1. The van der Waals surface area contributed by atoms with Crippen LogP contribution in [0.4, 0.5) is 0 Å². The molecule has 4 rings (SSSR count). The predicted octanol–water partition coefficient (Wildman–Crippen LogP) is 2.51. The molecule has 1 amide bonds. The van der Waals surface area contributed by atoms with E-state index in [0.717, 1.165) is 50.2 Å². The number of benzene rings is 1. The minimum absolute atomic E-state index is 0.122. The fraction of sp³-hybridized carbons (Fsp3) is 0.545. The maximum absolute atomic E-state index is 13.1. The van der Waals surface area contributed by atoms with Gasteiger partial charge in [0.1, 0.15) is 0 Å². The van der Waals surface area contributed by atoms with Gasteiger partial charge in [0.2, 0.25) is 10.0 Å². The zero-order chi connectivity index (χ0) is 21.8. The number of carbonyl (C=O) groups is 1. The molecule has 31 heavy (non-hydrogen) atoms. The third kappa shape index (κ3) is 5.16. The molecule has 2 aromatic rings. The number of piperazine rings is 1. The van der Waals surface area contributed by atoms with Gasteiger partial charge in [-0.2, -0.15) is 4.31 Å². The van der Waals surface area contributed by atoms with Crippen LogP contribution in [0.15, 0.2) is 39.8 Å². The van der Waals surface area contributed by atoms with Crippen molar-refractivity contribution in [3.05, 3.63) is 47.3 Å². The SMILES string of the molecule is Cc1cc(CN2CCN(C(=O)c3cccc(S(=O)(=O)N4CCCCCC4)c3)CC2)on1. The van der Waals surface area contributed by atoms with Crippen LogP contribution in [-0.4, -0.2) is 72.9 Å². The third-order valence-corrected chi connectivity index (χ3v) is 7.89. The van der Waals surface area contributed by atoms with E-state index < -0.39 is 10.0 Å². The van der Waals surface area contributed by atoms with Crippen LogP contribution in [0.3, 0.4) is 0 Å². The second-order valence-electron chi connectivity index (χ2n) is 8.35. The van der Waals surface area contributed by atoms with Gasteiger partial charge in [0.15, 0.2) is 5.76 Å². The van der Waals surface area contributed by atoms with Gasteiger partial charge >= 0.3 is 0 Å². The molecule has 0 aliphatic carbocycles. The molecule has 0 spiro atoms. The lowest BCUT2D eigenvalue weighted by molar-refractivity contribution is 0.0617. The zero-order valence-corrected chi connectivity index (χ0v) is 18.8. The van der Waals surface area contributed by atoms with Gasteiger partial charge in [-0.25, -0.2) is 8.42 Å². The number of hydrogen-bond donors (Lipinski definition) is 0. The van der Waals surface area contributed by atoms with Crippen LogP contribution in [-0.2, 0) is 16.6 Å². The molecule has 1 aromatic heterocycles. The van der Waals surface area contributed by atoms with Crippen LogP contribution < -0.4 is 0 Å². The van der Waals surface area contributed by atoms with Gasteiger partial charge in [0.05, 0.1) is 17.1 Å². The lowest BCUT2D eigenvalue weighted by atomic mass is 10.2. The third-order valence-electron chi connectivity index (χ3n) is 6.00. The predicted molar refractivity (Wildman–Crippen MR) is 116 cm³/mol.